The molecule has 25 heavy (non-hydrogen) atoms. The highest BCUT2D eigenvalue weighted by atomic mass is 16.2. The fraction of sp³-hybridized carbons (Fsp3) is 0.333. The van der Waals surface area contributed by atoms with Gasteiger partial charge in [0.05, 0.1) is 12.0 Å². The van der Waals surface area contributed by atoms with Crippen LogP contribution in [0.5, 0.6) is 0 Å². The third-order valence-corrected chi connectivity index (χ3v) is 4.81. The summed E-state index contributed by atoms with van der Waals surface area (Å²) in [5.74, 6) is -0.348. The van der Waals surface area contributed by atoms with E-state index in [-0.39, 0.29) is 30.2 Å². The zero-order valence-corrected chi connectivity index (χ0v) is 14.7. The Morgan fingerprint density at radius 3 is 2.48 bits per heavy atom. The van der Waals surface area contributed by atoms with Gasteiger partial charge in [-0.2, -0.15) is 0 Å². The lowest BCUT2D eigenvalue weighted by atomic mass is 10.1. The maximum atomic E-state index is 12.6. The van der Waals surface area contributed by atoms with Gasteiger partial charge in [0.25, 0.3) is 0 Å². The highest BCUT2D eigenvalue weighted by Gasteiger charge is 2.35. The number of carbonyl (C=O) groups is 2. The van der Waals surface area contributed by atoms with E-state index in [1.807, 2.05) is 61.5 Å². The van der Waals surface area contributed by atoms with Crippen LogP contribution in [0.1, 0.15) is 37.4 Å². The number of anilines is 1. The summed E-state index contributed by atoms with van der Waals surface area (Å²) in [6, 6.07) is 17.8. The summed E-state index contributed by atoms with van der Waals surface area (Å²) in [6.07, 6.45) is 1.24. The number of nitrogens with zero attached hydrogens (tertiary/aromatic N) is 1. The van der Waals surface area contributed by atoms with Crippen molar-refractivity contribution in [2.45, 2.75) is 32.7 Å². The zero-order chi connectivity index (χ0) is 17.8. The summed E-state index contributed by atoms with van der Waals surface area (Å²) in [6.45, 7) is 4.51. The van der Waals surface area contributed by atoms with E-state index in [2.05, 4.69) is 12.2 Å². The Morgan fingerprint density at radius 2 is 1.84 bits per heavy atom. The number of amides is 2. The van der Waals surface area contributed by atoms with Crippen molar-refractivity contribution in [3.63, 3.8) is 0 Å². The van der Waals surface area contributed by atoms with Crippen molar-refractivity contribution >= 4 is 17.5 Å². The monoisotopic (exact) mass is 336 g/mol. The topological polar surface area (TPSA) is 49.4 Å². The molecular weight excluding hydrogens is 312 g/mol. The van der Waals surface area contributed by atoms with Crippen LogP contribution in [0.3, 0.4) is 0 Å². The van der Waals surface area contributed by atoms with Gasteiger partial charge in [0.15, 0.2) is 0 Å². The van der Waals surface area contributed by atoms with Crippen molar-refractivity contribution in [3.8, 4) is 0 Å². The molecule has 0 saturated carbocycles. The summed E-state index contributed by atoms with van der Waals surface area (Å²) in [5, 5.41) is 3.03. The molecule has 1 N–H and O–H groups in total. The Morgan fingerprint density at radius 1 is 1.16 bits per heavy atom. The van der Waals surface area contributed by atoms with Gasteiger partial charge in [0.2, 0.25) is 11.8 Å². The molecule has 4 nitrogen and oxygen atoms in total. The van der Waals surface area contributed by atoms with Crippen LogP contribution in [-0.4, -0.2) is 18.4 Å². The van der Waals surface area contributed by atoms with Gasteiger partial charge in [-0.1, -0.05) is 49.4 Å². The Labute approximate surface area is 148 Å². The minimum atomic E-state index is -0.301. The molecular formula is C21H24N2O2. The predicted molar refractivity (Wildman–Crippen MR) is 99.3 cm³/mol. The molecule has 3 rings (SSSR count). The SMILES string of the molecule is CCc1ccc(N2C[C@@H](C(=O)N[C@@H](C)c3ccccc3)CC2=O)cc1. The zero-order valence-electron chi connectivity index (χ0n) is 14.7. The minimum absolute atomic E-state index is 0.0109. The lowest BCUT2D eigenvalue weighted by Gasteiger charge is -2.19. The molecule has 4 heteroatoms. The van der Waals surface area contributed by atoms with Crippen LogP contribution in [0, 0.1) is 5.92 Å². The van der Waals surface area contributed by atoms with Crippen LogP contribution < -0.4 is 10.2 Å². The molecule has 1 aliphatic heterocycles. The van der Waals surface area contributed by atoms with Crippen LogP contribution >= 0.6 is 0 Å². The fourth-order valence-corrected chi connectivity index (χ4v) is 3.20. The number of nitrogens with one attached hydrogen (secondary N) is 1. The van der Waals surface area contributed by atoms with Gasteiger partial charge >= 0.3 is 0 Å². The number of benzene rings is 2. The second-order valence-electron chi connectivity index (χ2n) is 6.57. The quantitative estimate of drug-likeness (QED) is 0.909. The van der Waals surface area contributed by atoms with E-state index in [0.717, 1.165) is 17.7 Å². The number of hydrogen-bond acceptors (Lipinski definition) is 2. The molecule has 130 valence electrons. The first-order chi connectivity index (χ1) is 12.1. The molecule has 0 aliphatic carbocycles. The first kappa shape index (κ1) is 17.2. The molecule has 0 aromatic heterocycles. The van der Waals surface area contributed by atoms with Gasteiger partial charge in [-0.3, -0.25) is 9.59 Å². The second-order valence-corrected chi connectivity index (χ2v) is 6.57. The second kappa shape index (κ2) is 7.51. The van der Waals surface area contributed by atoms with Crippen molar-refractivity contribution in [1.82, 2.24) is 5.32 Å². The lowest BCUT2D eigenvalue weighted by Crippen LogP contribution is -2.34. The van der Waals surface area contributed by atoms with Crippen LogP contribution in [0.15, 0.2) is 54.6 Å². The van der Waals surface area contributed by atoms with Crippen molar-refractivity contribution in [3.05, 3.63) is 65.7 Å². The molecule has 1 saturated heterocycles. The van der Waals surface area contributed by atoms with Crippen LogP contribution in [0.4, 0.5) is 5.69 Å². The Hall–Kier alpha value is -2.62. The van der Waals surface area contributed by atoms with Gasteiger partial charge in [-0.05, 0) is 36.6 Å². The van der Waals surface area contributed by atoms with Crippen LogP contribution in [-0.2, 0) is 16.0 Å². The Bertz CT molecular complexity index is 740. The van der Waals surface area contributed by atoms with Gasteiger partial charge in [-0.25, -0.2) is 0 Å². The summed E-state index contributed by atoms with van der Waals surface area (Å²) in [7, 11) is 0. The van der Waals surface area contributed by atoms with Gasteiger partial charge in [-0.15, -0.1) is 0 Å². The average Bonchev–Trinajstić information content (AvgIpc) is 3.04. The molecule has 2 atom stereocenters. The molecule has 0 bridgehead atoms. The van der Waals surface area contributed by atoms with Crippen LogP contribution in [0.2, 0.25) is 0 Å². The smallest absolute Gasteiger partial charge is 0.227 e. The molecule has 0 unspecified atom stereocenters. The van der Waals surface area contributed by atoms with E-state index in [1.54, 1.807) is 4.90 Å². The molecule has 0 spiro atoms. The highest BCUT2D eigenvalue weighted by molar-refractivity contribution is 6.00. The molecule has 0 radical (unpaired) electrons. The summed E-state index contributed by atoms with van der Waals surface area (Å²) in [4.78, 5) is 26.6. The molecule has 1 heterocycles. The molecule has 2 aromatic carbocycles. The van der Waals surface area contributed by atoms with E-state index < -0.39 is 0 Å². The molecule has 2 amide bonds. The summed E-state index contributed by atoms with van der Waals surface area (Å²) >= 11 is 0. The van der Waals surface area contributed by atoms with Crippen LogP contribution in [0.25, 0.3) is 0 Å². The van der Waals surface area contributed by atoms with E-state index in [1.165, 1.54) is 5.56 Å². The third kappa shape index (κ3) is 3.90. The number of hydrogen-bond donors (Lipinski definition) is 1. The van der Waals surface area contributed by atoms with Gasteiger partial charge < -0.3 is 10.2 Å². The largest absolute Gasteiger partial charge is 0.349 e. The van der Waals surface area contributed by atoms with Crippen molar-refractivity contribution < 1.29 is 9.59 Å². The van der Waals surface area contributed by atoms with E-state index in [4.69, 9.17) is 0 Å². The van der Waals surface area contributed by atoms with E-state index in [0.29, 0.717) is 6.54 Å². The van der Waals surface area contributed by atoms with Gasteiger partial charge in [0, 0.05) is 18.7 Å². The number of carbonyl (C=O) groups excluding carboxylic acids is 2. The fourth-order valence-electron chi connectivity index (χ4n) is 3.20. The standard InChI is InChI=1S/C21H24N2O2/c1-3-16-9-11-19(12-10-16)23-14-18(13-20(23)24)21(25)22-15(2)17-7-5-4-6-8-17/h4-12,15,18H,3,13-14H2,1-2H3,(H,22,25)/t15-,18-/m0/s1. The summed E-state index contributed by atoms with van der Waals surface area (Å²) in [5.41, 5.74) is 3.17. The highest BCUT2D eigenvalue weighted by Crippen LogP contribution is 2.26. The molecule has 1 fully saturated rings. The van der Waals surface area contributed by atoms with E-state index in [9.17, 15) is 9.59 Å². The minimum Gasteiger partial charge on any atom is -0.349 e. The van der Waals surface area contributed by atoms with Gasteiger partial charge in [0.1, 0.15) is 0 Å². The maximum absolute atomic E-state index is 12.6. The van der Waals surface area contributed by atoms with Crippen molar-refractivity contribution in [2.24, 2.45) is 5.92 Å². The number of aryl methyl sites for hydroxylation is 1. The van der Waals surface area contributed by atoms with Crippen molar-refractivity contribution in [1.29, 1.82) is 0 Å². The first-order valence-corrected chi connectivity index (χ1v) is 8.83. The summed E-state index contributed by atoms with van der Waals surface area (Å²) < 4.78 is 0. The molecule has 1 aliphatic rings. The lowest BCUT2D eigenvalue weighted by molar-refractivity contribution is -0.126. The third-order valence-electron chi connectivity index (χ3n) is 4.81. The average molecular weight is 336 g/mol. The predicted octanol–water partition coefficient (Wildman–Crippen LogP) is 3.48. The number of rotatable bonds is 5. The first-order valence-electron chi connectivity index (χ1n) is 8.83. The van der Waals surface area contributed by atoms with E-state index >= 15 is 0 Å². The normalized spacial score (nSPS) is 18.2. The van der Waals surface area contributed by atoms with Crippen molar-refractivity contribution in [2.75, 3.05) is 11.4 Å². The maximum Gasteiger partial charge on any atom is 0.227 e. The Kier molecular flexibility index (Phi) is 5.17. The molecule has 2 aromatic rings. The Balaban J connectivity index is 1.64.